The van der Waals surface area contributed by atoms with E-state index in [1.54, 1.807) is 17.1 Å². The van der Waals surface area contributed by atoms with Crippen molar-refractivity contribution in [2.75, 3.05) is 0 Å². The summed E-state index contributed by atoms with van der Waals surface area (Å²) in [5.41, 5.74) is 5.66. The van der Waals surface area contributed by atoms with Gasteiger partial charge in [-0.3, -0.25) is 15.5 Å². The molecule has 16 heavy (non-hydrogen) atoms. The summed E-state index contributed by atoms with van der Waals surface area (Å²) in [5, 5.41) is 7.73. The molecule has 0 radical (unpaired) electrons. The van der Waals surface area contributed by atoms with Gasteiger partial charge in [0.15, 0.2) is 0 Å². The number of pyridine rings is 1. The van der Waals surface area contributed by atoms with Gasteiger partial charge in [-0.15, -0.1) is 5.10 Å². The zero-order valence-electron chi connectivity index (χ0n) is 9.25. The molecule has 1 unspecified atom stereocenters. The second-order valence-electron chi connectivity index (χ2n) is 3.61. The Morgan fingerprint density at radius 2 is 2.31 bits per heavy atom. The number of hydrazine groups is 1. The van der Waals surface area contributed by atoms with Gasteiger partial charge in [-0.05, 0) is 24.6 Å². The summed E-state index contributed by atoms with van der Waals surface area (Å²) in [5.74, 6) is 5.58. The minimum atomic E-state index is -0.123. The van der Waals surface area contributed by atoms with Crippen molar-refractivity contribution in [2.45, 2.75) is 13.0 Å². The van der Waals surface area contributed by atoms with E-state index < -0.39 is 0 Å². The molecule has 3 N–H and O–H groups in total. The highest BCUT2D eigenvalue weighted by Gasteiger charge is 2.16. The molecule has 0 fully saturated rings. The van der Waals surface area contributed by atoms with Crippen LogP contribution in [0.4, 0.5) is 0 Å². The van der Waals surface area contributed by atoms with Gasteiger partial charge in [0.05, 0.1) is 17.9 Å². The maximum atomic E-state index is 5.58. The van der Waals surface area contributed by atoms with E-state index in [4.69, 9.17) is 5.84 Å². The Balaban J connectivity index is 2.40. The van der Waals surface area contributed by atoms with E-state index in [1.807, 2.05) is 26.1 Å². The third-order valence-electron chi connectivity index (χ3n) is 2.47. The minimum absolute atomic E-state index is 0.123. The molecular formula is C10H14N6. The Morgan fingerprint density at radius 1 is 1.50 bits per heavy atom. The van der Waals surface area contributed by atoms with Crippen LogP contribution in [0.5, 0.6) is 0 Å². The molecule has 2 heterocycles. The predicted octanol–water partition coefficient (Wildman–Crippen LogP) is 0.0712. The summed E-state index contributed by atoms with van der Waals surface area (Å²) in [6, 6.07) is 3.78. The molecule has 0 spiro atoms. The molecule has 0 aliphatic carbocycles. The van der Waals surface area contributed by atoms with Crippen LogP contribution in [0.2, 0.25) is 0 Å². The van der Waals surface area contributed by atoms with Gasteiger partial charge < -0.3 is 0 Å². The lowest BCUT2D eigenvalue weighted by Crippen LogP contribution is -2.30. The third-order valence-corrected chi connectivity index (χ3v) is 2.47. The quantitative estimate of drug-likeness (QED) is 0.563. The van der Waals surface area contributed by atoms with E-state index in [0.717, 1.165) is 17.0 Å². The Kier molecular flexibility index (Phi) is 2.93. The van der Waals surface area contributed by atoms with Gasteiger partial charge in [-0.1, -0.05) is 5.21 Å². The fourth-order valence-corrected chi connectivity index (χ4v) is 1.66. The molecule has 2 aromatic rings. The first kappa shape index (κ1) is 10.7. The van der Waals surface area contributed by atoms with Crippen molar-refractivity contribution in [3.8, 4) is 0 Å². The maximum absolute atomic E-state index is 5.58. The number of rotatable bonds is 3. The molecule has 1 atom stereocenters. The molecule has 2 rings (SSSR count). The highest BCUT2D eigenvalue weighted by molar-refractivity contribution is 5.26. The van der Waals surface area contributed by atoms with E-state index in [0.29, 0.717) is 0 Å². The summed E-state index contributed by atoms with van der Waals surface area (Å²) >= 11 is 0. The van der Waals surface area contributed by atoms with Crippen LogP contribution in [0.3, 0.4) is 0 Å². The minimum Gasteiger partial charge on any atom is -0.271 e. The van der Waals surface area contributed by atoms with Crippen molar-refractivity contribution >= 4 is 0 Å². The summed E-state index contributed by atoms with van der Waals surface area (Å²) in [6.07, 6.45) is 3.46. The second kappa shape index (κ2) is 4.38. The summed E-state index contributed by atoms with van der Waals surface area (Å²) in [4.78, 5) is 4.15. The van der Waals surface area contributed by atoms with Crippen LogP contribution in [0.1, 0.15) is 23.0 Å². The zero-order valence-corrected chi connectivity index (χ0v) is 9.25. The van der Waals surface area contributed by atoms with Crippen LogP contribution in [-0.4, -0.2) is 20.0 Å². The molecule has 0 amide bonds. The van der Waals surface area contributed by atoms with Gasteiger partial charge in [-0.2, -0.15) is 0 Å². The first-order chi connectivity index (χ1) is 7.72. The summed E-state index contributed by atoms with van der Waals surface area (Å²) < 4.78 is 1.69. The molecule has 0 saturated carbocycles. The topological polar surface area (TPSA) is 81.6 Å². The van der Waals surface area contributed by atoms with Crippen molar-refractivity contribution < 1.29 is 0 Å². The number of aryl methyl sites for hydroxylation is 2. The largest absolute Gasteiger partial charge is 0.271 e. The van der Waals surface area contributed by atoms with Gasteiger partial charge in [0.2, 0.25) is 0 Å². The molecule has 2 aromatic heterocycles. The molecule has 6 heteroatoms. The predicted molar refractivity (Wildman–Crippen MR) is 59.1 cm³/mol. The number of nitrogens with two attached hydrogens (primary N) is 1. The number of hydrogen-bond acceptors (Lipinski definition) is 5. The van der Waals surface area contributed by atoms with Crippen molar-refractivity contribution in [1.29, 1.82) is 0 Å². The zero-order chi connectivity index (χ0) is 11.5. The Labute approximate surface area is 93.5 Å². The van der Waals surface area contributed by atoms with Crippen LogP contribution in [0.15, 0.2) is 24.5 Å². The standard InChI is InChI=1S/C10H14N6/c1-7-5-8(3-4-12-7)10(14-11)9-6-13-15-16(9)2/h3-6,10,14H,11H2,1-2H3. The Bertz CT molecular complexity index is 478. The number of nitrogens with zero attached hydrogens (tertiary/aromatic N) is 4. The molecule has 0 aromatic carbocycles. The summed E-state index contributed by atoms with van der Waals surface area (Å²) in [7, 11) is 1.83. The number of hydrogen-bond donors (Lipinski definition) is 2. The monoisotopic (exact) mass is 218 g/mol. The van der Waals surface area contributed by atoms with Crippen LogP contribution in [-0.2, 0) is 7.05 Å². The van der Waals surface area contributed by atoms with Crippen LogP contribution >= 0.6 is 0 Å². The normalized spacial score (nSPS) is 12.7. The Morgan fingerprint density at radius 3 is 2.88 bits per heavy atom. The van der Waals surface area contributed by atoms with Crippen LogP contribution in [0.25, 0.3) is 0 Å². The highest BCUT2D eigenvalue weighted by Crippen LogP contribution is 2.19. The number of nitrogens with one attached hydrogen (secondary N) is 1. The lowest BCUT2D eigenvalue weighted by molar-refractivity contribution is 0.569. The lowest BCUT2D eigenvalue weighted by Gasteiger charge is -2.15. The second-order valence-corrected chi connectivity index (χ2v) is 3.61. The van der Waals surface area contributed by atoms with Gasteiger partial charge >= 0.3 is 0 Å². The third kappa shape index (κ3) is 1.93. The first-order valence-electron chi connectivity index (χ1n) is 4.95. The summed E-state index contributed by atoms with van der Waals surface area (Å²) in [6.45, 7) is 1.94. The molecular weight excluding hydrogens is 204 g/mol. The maximum Gasteiger partial charge on any atom is 0.0895 e. The van der Waals surface area contributed by atoms with Gasteiger partial charge in [0, 0.05) is 18.9 Å². The smallest absolute Gasteiger partial charge is 0.0895 e. The fraction of sp³-hybridized carbons (Fsp3) is 0.300. The Hall–Kier alpha value is -1.79. The van der Waals surface area contributed by atoms with E-state index >= 15 is 0 Å². The molecule has 84 valence electrons. The van der Waals surface area contributed by atoms with E-state index in [2.05, 4.69) is 20.7 Å². The number of aromatic nitrogens is 4. The SMILES string of the molecule is Cc1cc(C(NN)c2cnnn2C)ccn1. The van der Waals surface area contributed by atoms with E-state index in [-0.39, 0.29) is 6.04 Å². The fourth-order valence-electron chi connectivity index (χ4n) is 1.66. The van der Waals surface area contributed by atoms with Crippen molar-refractivity contribution in [2.24, 2.45) is 12.9 Å². The molecule has 0 aliphatic rings. The molecule has 0 saturated heterocycles. The molecule has 0 aliphatic heterocycles. The molecule has 0 bridgehead atoms. The molecule has 6 nitrogen and oxygen atoms in total. The average molecular weight is 218 g/mol. The van der Waals surface area contributed by atoms with Crippen molar-refractivity contribution in [3.63, 3.8) is 0 Å². The van der Waals surface area contributed by atoms with Gasteiger partial charge in [-0.25, -0.2) is 5.43 Å². The van der Waals surface area contributed by atoms with Crippen LogP contribution < -0.4 is 11.3 Å². The van der Waals surface area contributed by atoms with Crippen LogP contribution in [0, 0.1) is 6.92 Å². The first-order valence-corrected chi connectivity index (χ1v) is 4.95. The lowest BCUT2D eigenvalue weighted by atomic mass is 10.1. The van der Waals surface area contributed by atoms with Crippen molar-refractivity contribution in [1.82, 2.24) is 25.4 Å². The van der Waals surface area contributed by atoms with Gasteiger partial charge in [0.1, 0.15) is 0 Å². The highest BCUT2D eigenvalue weighted by atomic mass is 15.4. The van der Waals surface area contributed by atoms with E-state index in [9.17, 15) is 0 Å². The van der Waals surface area contributed by atoms with Crippen molar-refractivity contribution in [3.05, 3.63) is 41.5 Å². The average Bonchev–Trinajstić information content (AvgIpc) is 2.67. The van der Waals surface area contributed by atoms with E-state index in [1.165, 1.54) is 0 Å². The van der Waals surface area contributed by atoms with Gasteiger partial charge in [0.25, 0.3) is 0 Å².